The normalized spacial score (nSPS) is 28.8. The molecule has 2 aliphatic rings. The molecule has 3 rings (SSSR count). The van der Waals surface area contributed by atoms with Gasteiger partial charge in [-0.15, -0.1) is 0 Å². The van der Waals surface area contributed by atoms with Crippen LogP contribution in [0.25, 0.3) is 0 Å². The Kier molecular flexibility index (Phi) is 8.19. The van der Waals surface area contributed by atoms with Crippen LogP contribution in [0.4, 0.5) is 17.6 Å². The standard InChI is InChI=1S/C26H34F4/c1-2-3-4-5-19-6-8-20(9-7-19)21-10-12-22(13-11-21)23-14-16-24(17-15-23)25(27)18-26(28,29)30/h2-3,6-9,18,21-24H,4-5,10-17H2,1H3. The molecule has 2 fully saturated rings. The van der Waals surface area contributed by atoms with Crippen LogP contribution in [0.3, 0.4) is 0 Å². The molecule has 0 nitrogen and oxygen atoms in total. The van der Waals surface area contributed by atoms with Crippen LogP contribution in [0.2, 0.25) is 0 Å². The topological polar surface area (TPSA) is 0 Å². The molecule has 0 radical (unpaired) electrons. The minimum atomic E-state index is -4.55. The summed E-state index contributed by atoms with van der Waals surface area (Å²) in [6, 6.07) is 9.10. The zero-order valence-corrected chi connectivity index (χ0v) is 17.9. The van der Waals surface area contributed by atoms with Crippen LogP contribution in [0.5, 0.6) is 0 Å². The first kappa shape index (κ1) is 23.1. The van der Waals surface area contributed by atoms with Crippen molar-refractivity contribution >= 4 is 0 Å². The molecule has 0 heterocycles. The lowest BCUT2D eigenvalue weighted by Gasteiger charge is -2.37. The first-order valence-electron chi connectivity index (χ1n) is 11.5. The lowest BCUT2D eigenvalue weighted by molar-refractivity contribution is -0.0821. The van der Waals surface area contributed by atoms with Crippen LogP contribution in [-0.4, -0.2) is 6.18 Å². The van der Waals surface area contributed by atoms with Crippen molar-refractivity contribution in [2.24, 2.45) is 17.8 Å². The van der Waals surface area contributed by atoms with Gasteiger partial charge in [-0.05, 0) is 100 Å². The summed E-state index contributed by atoms with van der Waals surface area (Å²) in [5.41, 5.74) is 2.82. The molecule has 2 saturated carbocycles. The van der Waals surface area contributed by atoms with Gasteiger partial charge < -0.3 is 0 Å². The summed E-state index contributed by atoms with van der Waals surface area (Å²) in [5, 5.41) is 0. The highest BCUT2D eigenvalue weighted by Gasteiger charge is 2.34. The molecule has 4 heteroatoms. The van der Waals surface area contributed by atoms with E-state index in [1.54, 1.807) is 0 Å². The van der Waals surface area contributed by atoms with E-state index in [0.717, 1.165) is 25.7 Å². The molecule has 0 spiro atoms. The summed E-state index contributed by atoms with van der Waals surface area (Å²) < 4.78 is 51.0. The zero-order chi connectivity index (χ0) is 21.6. The van der Waals surface area contributed by atoms with Gasteiger partial charge in [0.25, 0.3) is 0 Å². The molecule has 166 valence electrons. The molecule has 1 aromatic carbocycles. The number of alkyl halides is 3. The first-order valence-corrected chi connectivity index (χ1v) is 11.5. The van der Waals surface area contributed by atoms with Crippen molar-refractivity contribution < 1.29 is 17.6 Å². The molecule has 0 bridgehead atoms. The van der Waals surface area contributed by atoms with Crippen LogP contribution in [0.15, 0.2) is 48.3 Å². The predicted octanol–water partition coefficient (Wildman–Crippen LogP) is 8.69. The monoisotopic (exact) mass is 422 g/mol. The third kappa shape index (κ3) is 6.72. The van der Waals surface area contributed by atoms with Gasteiger partial charge in [-0.2, -0.15) is 13.2 Å². The van der Waals surface area contributed by atoms with Crippen molar-refractivity contribution in [3.63, 3.8) is 0 Å². The largest absolute Gasteiger partial charge is 0.412 e. The molecule has 2 aliphatic carbocycles. The van der Waals surface area contributed by atoms with Crippen molar-refractivity contribution in [2.75, 3.05) is 0 Å². The molecule has 0 amide bonds. The fourth-order valence-electron chi connectivity index (χ4n) is 5.44. The Morgan fingerprint density at radius 1 is 0.900 bits per heavy atom. The van der Waals surface area contributed by atoms with E-state index in [2.05, 4.69) is 36.4 Å². The highest BCUT2D eigenvalue weighted by molar-refractivity contribution is 5.26. The second-order valence-electron chi connectivity index (χ2n) is 9.14. The number of benzene rings is 1. The van der Waals surface area contributed by atoms with Crippen molar-refractivity contribution in [3.05, 3.63) is 59.4 Å². The van der Waals surface area contributed by atoms with Gasteiger partial charge in [-0.25, -0.2) is 4.39 Å². The quantitative estimate of drug-likeness (QED) is 0.318. The summed E-state index contributed by atoms with van der Waals surface area (Å²) in [5.74, 6) is 0.311. The maximum Gasteiger partial charge on any atom is 0.412 e. The molecule has 0 unspecified atom stereocenters. The van der Waals surface area contributed by atoms with Gasteiger partial charge in [-0.1, -0.05) is 36.4 Å². The van der Waals surface area contributed by atoms with E-state index in [0.29, 0.717) is 30.6 Å². The number of halogens is 4. The molecule has 0 aromatic heterocycles. The van der Waals surface area contributed by atoms with Crippen molar-refractivity contribution in [1.82, 2.24) is 0 Å². The molecule has 30 heavy (non-hydrogen) atoms. The maximum atomic E-state index is 13.8. The summed E-state index contributed by atoms with van der Waals surface area (Å²) in [6.45, 7) is 2.05. The van der Waals surface area contributed by atoms with Gasteiger partial charge in [0.1, 0.15) is 5.83 Å². The number of aryl methyl sites for hydroxylation is 1. The summed E-state index contributed by atoms with van der Waals surface area (Å²) >= 11 is 0. The fourth-order valence-corrected chi connectivity index (χ4v) is 5.44. The maximum absolute atomic E-state index is 13.8. The molecule has 0 N–H and O–H groups in total. The van der Waals surface area contributed by atoms with Gasteiger partial charge in [0, 0.05) is 5.92 Å². The Hall–Kier alpha value is -1.58. The zero-order valence-electron chi connectivity index (χ0n) is 17.9. The van der Waals surface area contributed by atoms with Gasteiger partial charge in [0.2, 0.25) is 0 Å². The second kappa shape index (κ2) is 10.6. The number of hydrogen-bond donors (Lipinski definition) is 0. The summed E-state index contributed by atoms with van der Waals surface area (Å²) in [7, 11) is 0. The highest BCUT2D eigenvalue weighted by Crippen LogP contribution is 2.45. The fraction of sp³-hybridized carbons (Fsp3) is 0.615. The van der Waals surface area contributed by atoms with Crippen molar-refractivity contribution in [1.29, 1.82) is 0 Å². The van der Waals surface area contributed by atoms with Gasteiger partial charge in [-0.3, -0.25) is 0 Å². The van der Waals surface area contributed by atoms with E-state index in [1.807, 2.05) is 6.92 Å². The molecule has 0 aliphatic heterocycles. The van der Waals surface area contributed by atoms with Crippen molar-refractivity contribution in [2.45, 2.75) is 83.2 Å². The number of allylic oxidation sites excluding steroid dienone is 4. The van der Waals surface area contributed by atoms with E-state index in [9.17, 15) is 17.6 Å². The molecular formula is C26H34F4. The number of hydrogen-bond acceptors (Lipinski definition) is 0. The summed E-state index contributed by atoms with van der Waals surface area (Å²) in [4.78, 5) is 0. The third-order valence-electron chi connectivity index (χ3n) is 7.19. The van der Waals surface area contributed by atoms with Gasteiger partial charge >= 0.3 is 6.18 Å². The SMILES string of the molecule is CC=CCCc1ccc(C2CCC(C3CCC(C(F)=CC(F)(F)F)CC3)CC2)cc1. The van der Waals surface area contributed by atoms with Crippen LogP contribution >= 0.6 is 0 Å². The molecule has 0 atom stereocenters. The molecule has 0 saturated heterocycles. The van der Waals surface area contributed by atoms with Crippen molar-refractivity contribution in [3.8, 4) is 0 Å². The highest BCUT2D eigenvalue weighted by atomic mass is 19.4. The summed E-state index contributed by atoms with van der Waals surface area (Å²) in [6.07, 6.45) is 9.33. The number of rotatable bonds is 6. The van der Waals surface area contributed by atoms with E-state index in [1.165, 1.54) is 36.8 Å². The van der Waals surface area contributed by atoms with E-state index < -0.39 is 17.9 Å². The van der Waals surface area contributed by atoms with Gasteiger partial charge in [0.05, 0.1) is 6.08 Å². The second-order valence-corrected chi connectivity index (χ2v) is 9.14. The van der Waals surface area contributed by atoms with E-state index in [-0.39, 0.29) is 6.08 Å². The van der Waals surface area contributed by atoms with E-state index >= 15 is 0 Å². The Morgan fingerprint density at radius 2 is 1.47 bits per heavy atom. The Bertz CT molecular complexity index is 698. The predicted molar refractivity (Wildman–Crippen MR) is 115 cm³/mol. The lowest BCUT2D eigenvalue weighted by atomic mass is 9.68. The average Bonchev–Trinajstić information content (AvgIpc) is 2.73. The van der Waals surface area contributed by atoms with Crippen LogP contribution in [0, 0.1) is 17.8 Å². The third-order valence-corrected chi connectivity index (χ3v) is 7.19. The van der Waals surface area contributed by atoms with Gasteiger partial charge in [0.15, 0.2) is 0 Å². The van der Waals surface area contributed by atoms with Crippen LogP contribution in [0.1, 0.15) is 81.8 Å². The molecular weight excluding hydrogens is 388 g/mol. The Balaban J connectivity index is 1.44. The van der Waals surface area contributed by atoms with Crippen LogP contribution in [-0.2, 0) is 6.42 Å². The molecule has 1 aromatic rings. The minimum Gasteiger partial charge on any atom is -0.212 e. The first-order chi connectivity index (χ1) is 14.4. The smallest absolute Gasteiger partial charge is 0.212 e. The van der Waals surface area contributed by atoms with E-state index in [4.69, 9.17) is 0 Å². The Labute approximate surface area is 178 Å². The Morgan fingerprint density at radius 3 is 2.00 bits per heavy atom. The van der Waals surface area contributed by atoms with Crippen LogP contribution < -0.4 is 0 Å². The lowest BCUT2D eigenvalue weighted by Crippen LogP contribution is -2.25. The average molecular weight is 423 g/mol. The minimum absolute atomic E-state index is 0.144.